The molecule has 2 aliphatic heterocycles. The fourth-order valence-electron chi connectivity index (χ4n) is 6.71. The van der Waals surface area contributed by atoms with Crippen molar-refractivity contribution >= 4 is 35.6 Å². The van der Waals surface area contributed by atoms with Crippen LogP contribution in [0.25, 0.3) is 27.6 Å². The quantitative estimate of drug-likeness (QED) is 0.202. The van der Waals surface area contributed by atoms with Crippen molar-refractivity contribution in [3.63, 3.8) is 0 Å². The molecule has 7 rings (SSSR count). The highest BCUT2D eigenvalue weighted by molar-refractivity contribution is 6.87. The second-order valence-corrected chi connectivity index (χ2v) is 19.1. The summed E-state index contributed by atoms with van der Waals surface area (Å²) in [4.78, 5) is 9.64. The lowest BCUT2D eigenvalue weighted by molar-refractivity contribution is 0.479. The molecule has 0 N–H and O–H groups in total. The summed E-state index contributed by atoms with van der Waals surface area (Å²) >= 11 is 0. The zero-order valence-corrected chi connectivity index (χ0v) is 27.0. The van der Waals surface area contributed by atoms with Crippen LogP contribution in [0.15, 0.2) is 90.5 Å². The molecule has 5 aromatic rings. The average Bonchev–Trinajstić information content (AvgIpc) is 3.50. The highest BCUT2D eigenvalue weighted by Gasteiger charge is 2.52. The van der Waals surface area contributed by atoms with E-state index in [1.165, 1.54) is 32.9 Å². The summed E-state index contributed by atoms with van der Waals surface area (Å²) < 4.78 is 8.90. The van der Waals surface area contributed by atoms with Crippen molar-refractivity contribution in [1.29, 1.82) is 0 Å². The Labute approximate surface area is 250 Å². The average molecular weight is 573 g/mol. The number of para-hydroxylation sites is 1. The Hall–Kier alpha value is -4.03. The van der Waals surface area contributed by atoms with Crippen LogP contribution in [0.4, 0.5) is 5.69 Å². The van der Waals surface area contributed by atoms with Crippen molar-refractivity contribution in [2.45, 2.75) is 58.2 Å². The standard InChI is InChI=1S/C36H40N4OSi/c1-35(2,3)24-17-18-37-33(19-24)40-30-12-10-9-11-27(30)28-15-13-25(20-31(28)40)41-26-14-16-29-32(21-26)39-23-38(6)22-34(39)42(7,8)36(29,4)5/h9-22H,23H2,1-8H3. The Bertz CT molecular complexity index is 1910. The van der Waals surface area contributed by atoms with Crippen LogP contribution < -0.4 is 9.64 Å². The van der Waals surface area contributed by atoms with Gasteiger partial charge in [0.25, 0.3) is 0 Å². The van der Waals surface area contributed by atoms with E-state index in [4.69, 9.17) is 9.72 Å². The summed E-state index contributed by atoms with van der Waals surface area (Å²) in [6.45, 7) is 17.4. The molecule has 0 amide bonds. The van der Waals surface area contributed by atoms with Crippen molar-refractivity contribution in [3.05, 3.63) is 102 Å². The number of anilines is 1. The lowest BCUT2D eigenvalue weighted by Crippen LogP contribution is -2.57. The molecule has 0 saturated carbocycles. The van der Waals surface area contributed by atoms with Gasteiger partial charge in [-0.2, -0.15) is 0 Å². The Morgan fingerprint density at radius 3 is 2.36 bits per heavy atom. The smallest absolute Gasteiger partial charge is 0.137 e. The summed E-state index contributed by atoms with van der Waals surface area (Å²) in [7, 11) is 0.431. The Morgan fingerprint density at radius 1 is 0.857 bits per heavy atom. The number of ether oxygens (including phenoxy) is 1. The molecular weight excluding hydrogens is 533 g/mol. The number of hydrogen-bond donors (Lipinski definition) is 0. The van der Waals surface area contributed by atoms with E-state index in [0.29, 0.717) is 0 Å². The lowest BCUT2D eigenvalue weighted by Gasteiger charge is -2.50. The number of fused-ring (bicyclic) bond motifs is 6. The molecule has 0 bridgehead atoms. The van der Waals surface area contributed by atoms with Crippen LogP contribution >= 0.6 is 0 Å². The van der Waals surface area contributed by atoms with Gasteiger partial charge in [-0.15, -0.1) is 0 Å². The molecule has 2 aromatic heterocycles. The molecule has 0 fully saturated rings. The van der Waals surface area contributed by atoms with Crippen LogP contribution in [0.5, 0.6) is 11.5 Å². The molecule has 0 atom stereocenters. The largest absolute Gasteiger partial charge is 0.457 e. The van der Waals surface area contributed by atoms with Gasteiger partial charge in [-0.05, 0) is 58.0 Å². The lowest BCUT2D eigenvalue weighted by atomic mass is 9.88. The fourth-order valence-corrected chi connectivity index (χ4v) is 9.64. The van der Waals surface area contributed by atoms with E-state index >= 15 is 0 Å². The van der Waals surface area contributed by atoms with Gasteiger partial charge >= 0.3 is 0 Å². The molecule has 214 valence electrons. The summed E-state index contributed by atoms with van der Waals surface area (Å²) in [5.74, 6) is 2.60. The monoisotopic (exact) mass is 572 g/mol. The zero-order chi connectivity index (χ0) is 29.6. The highest BCUT2D eigenvalue weighted by Crippen LogP contribution is 2.51. The number of benzene rings is 3. The first-order valence-corrected chi connectivity index (χ1v) is 17.9. The van der Waals surface area contributed by atoms with Crippen molar-refractivity contribution in [2.24, 2.45) is 0 Å². The van der Waals surface area contributed by atoms with Crippen LogP contribution in [0.1, 0.15) is 45.7 Å². The maximum atomic E-state index is 6.63. The minimum atomic E-state index is -1.74. The van der Waals surface area contributed by atoms with E-state index in [9.17, 15) is 0 Å². The molecule has 0 saturated heterocycles. The van der Waals surface area contributed by atoms with Gasteiger partial charge in [0.2, 0.25) is 0 Å². The van der Waals surface area contributed by atoms with E-state index in [0.717, 1.165) is 35.0 Å². The minimum absolute atomic E-state index is 0.0304. The van der Waals surface area contributed by atoms with Gasteiger partial charge in [0, 0.05) is 53.4 Å². The zero-order valence-electron chi connectivity index (χ0n) is 26.0. The van der Waals surface area contributed by atoms with Gasteiger partial charge < -0.3 is 14.5 Å². The third-order valence-electron chi connectivity index (χ3n) is 9.86. The number of rotatable bonds is 3. The number of aromatic nitrogens is 2. The van der Waals surface area contributed by atoms with E-state index in [1.54, 1.807) is 0 Å². The molecule has 0 radical (unpaired) electrons. The van der Waals surface area contributed by atoms with E-state index in [-0.39, 0.29) is 10.5 Å². The summed E-state index contributed by atoms with van der Waals surface area (Å²) in [5, 5.41) is 4.01. The number of pyridine rings is 1. The Balaban J connectivity index is 1.33. The molecule has 0 spiro atoms. The number of nitrogens with zero attached hydrogens (tertiary/aromatic N) is 4. The molecule has 3 aromatic carbocycles. The third kappa shape index (κ3) is 3.92. The van der Waals surface area contributed by atoms with Gasteiger partial charge in [0.05, 0.1) is 17.7 Å². The van der Waals surface area contributed by atoms with Gasteiger partial charge in [-0.25, -0.2) is 4.98 Å². The van der Waals surface area contributed by atoms with Crippen molar-refractivity contribution in [1.82, 2.24) is 14.5 Å². The van der Waals surface area contributed by atoms with Crippen LogP contribution in [0.3, 0.4) is 0 Å². The Morgan fingerprint density at radius 2 is 1.57 bits per heavy atom. The van der Waals surface area contributed by atoms with Crippen molar-refractivity contribution < 1.29 is 4.74 Å². The van der Waals surface area contributed by atoms with Crippen LogP contribution in [-0.2, 0) is 10.5 Å². The SMILES string of the molecule is CN1C=C2N(C1)c1cc(Oc3ccc4c5ccccc5n(-c5cc(C(C)(C)C)ccn5)c4c3)ccc1C(C)(C)[Si]2(C)C. The first-order chi connectivity index (χ1) is 19.9. The van der Waals surface area contributed by atoms with Gasteiger partial charge in [0.15, 0.2) is 0 Å². The van der Waals surface area contributed by atoms with E-state index in [2.05, 4.69) is 148 Å². The second-order valence-electron chi connectivity index (χ2n) is 14.1. The van der Waals surface area contributed by atoms with Gasteiger partial charge in [-0.3, -0.25) is 4.57 Å². The van der Waals surface area contributed by atoms with E-state index < -0.39 is 8.07 Å². The van der Waals surface area contributed by atoms with Crippen molar-refractivity contribution in [3.8, 4) is 17.3 Å². The normalized spacial score (nSPS) is 17.4. The molecule has 4 heterocycles. The Kier molecular flexibility index (Phi) is 5.74. The van der Waals surface area contributed by atoms with Crippen LogP contribution in [-0.4, -0.2) is 36.2 Å². The predicted molar refractivity (Wildman–Crippen MR) is 177 cm³/mol. The van der Waals surface area contributed by atoms with Gasteiger partial charge in [0.1, 0.15) is 25.4 Å². The molecular formula is C36H40N4OSi. The molecule has 6 heteroatoms. The maximum Gasteiger partial charge on any atom is 0.137 e. The first kappa shape index (κ1) is 26.8. The summed E-state index contributed by atoms with van der Waals surface area (Å²) in [5.41, 5.74) is 6.20. The topological polar surface area (TPSA) is 33.5 Å². The third-order valence-corrected chi connectivity index (χ3v) is 14.9. The predicted octanol–water partition coefficient (Wildman–Crippen LogP) is 8.90. The summed E-state index contributed by atoms with van der Waals surface area (Å²) in [6, 6.07) is 26.0. The highest BCUT2D eigenvalue weighted by atomic mass is 28.3. The van der Waals surface area contributed by atoms with E-state index in [1.807, 2.05) is 6.20 Å². The second kappa shape index (κ2) is 8.98. The summed E-state index contributed by atoms with van der Waals surface area (Å²) in [6.07, 6.45) is 4.29. The number of hydrogen-bond acceptors (Lipinski definition) is 4. The first-order valence-electron chi connectivity index (χ1n) is 14.9. The molecule has 42 heavy (non-hydrogen) atoms. The van der Waals surface area contributed by atoms with Crippen LogP contribution in [0, 0.1) is 0 Å². The van der Waals surface area contributed by atoms with Crippen LogP contribution in [0.2, 0.25) is 13.1 Å². The molecule has 0 aliphatic carbocycles. The molecule has 0 unspecified atom stereocenters. The fraction of sp³-hybridized carbons (Fsp3) is 0.306. The molecule has 5 nitrogen and oxygen atoms in total. The maximum absolute atomic E-state index is 6.63. The molecule has 2 aliphatic rings. The van der Waals surface area contributed by atoms with Gasteiger partial charge in [-0.1, -0.05) is 72.0 Å². The van der Waals surface area contributed by atoms with Crippen molar-refractivity contribution in [2.75, 3.05) is 18.6 Å². The minimum Gasteiger partial charge on any atom is -0.457 e.